The van der Waals surface area contributed by atoms with Crippen molar-refractivity contribution < 1.29 is 13.9 Å². The highest BCUT2D eigenvalue weighted by atomic mass is 19.1. The number of rotatable bonds is 1. The van der Waals surface area contributed by atoms with Gasteiger partial charge < -0.3 is 15.0 Å². The minimum atomic E-state index is -0.508. The number of amides is 1. The Kier molecular flexibility index (Phi) is 4.23. The standard InChI is InChI=1S/C14H20FN3O2/c1-14(2,3)20-13(19)18-7-6-16-12(9-18)11-5-4-10(15)8-17-11/h4-5,8,12,16H,6-7,9H2,1-3H3. The van der Waals surface area contributed by atoms with Crippen molar-refractivity contribution in [2.45, 2.75) is 32.4 Å². The van der Waals surface area contributed by atoms with Gasteiger partial charge >= 0.3 is 6.09 Å². The predicted octanol–water partition coefficient (Wildman–Crippen LogP) is 2.10. The van der Waals surface area contributed by atoms with Gasteiger partial charge in [-0.25, -0.2) is 9.18 Å². The lowest BCUT2D eigenvalue weighted by Gasteiger charge is -2.34. The second kappa shape index (κ2) is 5.75. The van der Waals surface area contributed by atoms with Crippen LogP contribution in [-0.2, 0) is 4.74 Å². The Labute approximate surface area is 118 Å². The molecule has 1 aliphatic rings. The van der Waals surface area contributed by atoms with Crippen LogP contribution in [0.2, 0.25) is 0 Å². The predicted molar refractivity (Wildman–Crippen MR) is 72.7 cm³/mol. The number of hydrogen-bond donors (Lipinski definition) is 1. The summed E-state index contributed by atoms with van der Waals surface area (Å²) < 4.78 is 18.2. The zero-order valence-electron chi connectivity index (χ0n) is 12.0. The molecule has 1 aliphatic heterocycles. The lowest BCUT2D eigenvalue weighted by atomic mass is 10.1. The number of aromatic nitrogens is 1. The monoisotopic (exact) mass is 281 g/mol. The highest BCUT2D eigenvalue weighted by Gasteiger charge is 2.28. The van der Waals surface area contributed by atoms with Gasteiger partial charge in [0, 0.05) is 19.6 Å². The average Bonchev–Trinajstić information content (AvgIpc) is 2.38. The van der Waals surface area contributed by atoms with Gasteiger partial charge in [0.05, 0.1) is 17.9 Å². The van der Waals surface area contributed by atoms with Gasteiger partial charge in [-0.1, -0.05) is 0 Å². The Morgan fingerprint density at radius 1 is 1.50 bits per heavy atom. The van der Waals surface area contributed by atoms with Crippen LogP contribution >= 0.6 is 0 Å². The fraction of sp³-hybridized carbons (Fsp3) is 0.571. The van der Waals surface area contributed by atoms with Crippen molar-refractivity contribution in [1.29, 1.82) is 0 Å². The summed E-state index contributed by atoms with van der Waals surface area (Å²) in [6, 6.07) is 2.90. The zero-order chi connectivity index (χ0) is 14.8. The maximum Gasteiger partial charge on any atom is 0.410 e. The van der Waals surface area contributed by atoms with Gasteiger partial charge in [0.2, 0.25) is 0 Å². The summed E-state index contributed by atoms with van der Waals surface area (Å²) >= 11 is 0. The lowest BCUT2D eigenvalue weighted by Crippen LogP contribution is -2.49. The molecule has 0 aromatic carbocycles. The maximum atomic E-state index is 12.9. The molecule has 2 heterocycles. The minimum absolute atomic E-state index is 0.100. The summed E-state index contributed by atoms with van der Waals surface area (Å²) in [7, 11) is 0. The van der Waals surface area contributed by atoms with E-state index < -0.39 is 5.60 Å². The molecule has 0 aliphatic carbocycles. The molecule has 20 heavy (non-hydrogen) atoms. The summed E-state index contributed by atoms with van der Waals surface area (Å²) in [5, 5.41) is 3.27. The van der Waals surface area contributed by atoms with Crippen LogP contribution in [0.3, 0.4) is 0 Å². The summed E-state index contributed by atoms with van der Waals surface area (Å²) in [4.78, 5) is 17.7. The molecule has 1 aromatic rings. The molecular formula is C14H20FN3O2. The third-order valence-corrected chi connectivity index (χ3v) is 2.93. The second-order valence-corrected chi connectivity index (χ2v) is 5.83. The number of nitrogens with zero attached hydrogens (tertiary/aromatic N) is 2. The van der Waals surface area contributed by atoms with Gasteiger partial charge in [0.25, 0.3) is 0 Å². The molecule has 0 bridgehead atoms. The summed E-state index contributed by atoms with van der Waals surface area (Å²) in [5.74, 6) is -0.367. The van der Waals surface area contributed by atoms with Crippen molar-refractivity contribution in [2.75, 3.05) is 19.6 Å². The molecular weight excluding hydrogens is 261 g/mol. The van der Waals surface area contributed by atoms with E-state index in [1.54, 1.807) is 11.0 Å². The number of halogens is 1. The maximum absolute atomic E-state index is 12.9. The smallest absolute Gasteiger partial charge is 0.410 e. The van der Waals surface area contributed by atoms with Crippen LogP contribution < -0.4 is 5.32 Å². The van der Waals surface area contributed by atoms with Crippen molar-refractivity contribution in [3.63, 3.8) is 0 Å². The van der Waals surface area contributed by atoms with Gasteiger partial charge in [-0.15, -0.1) is 0 Å². The first kappa shape index (κ1) is 14.7. The Morgan fingerprint density at radius 3 is 2.85 bits per heavy atom. The van der Waals surface area contributed by atoms with Gasteiger partial charge in [-0.3, -0.25) is 4.98 Å². The van der Waals surface area contributed by atoms with Crippen molar-refractivity contribution in [3.05, 3.63) is 29.8 Å². The molecule has 1 atom stereocenters. The van der Waals surface area contributed by atoms with E-state index in [-0.39, 0.29) is 18.0 Å². The summed E-state index contributed by atoms with van der Waals surface area (Å²) in [6.07, 6.45) is 0.856. The first-order valence-electron chi connectivity index (χ1n) is 6.68. The van der Waals surface area contributed by atoms with Crippen molar-refractivity contribution in [2.24, 2.45) is 0 Å². The molecule has 1 fully saturated rings. The quantitative estimate of drug-likeness (QED) is 0.856. The fourth-order valence-corrected chi connectivity index (χ4v) is 2.03. The van der Waals surface area contributed by atoms with Crippen molar-refractivity contribution >= 4 is 6.09 Å². The number of pyridine rings is 1. The van der Waals surface area contributed by atoms with Crippen molar-refractivity contribution in [3.8, 4) is 0 Å². The highest BCUT2D eigenvalue weighted by molar-refractivity contribution is 5.68. The molecule has 2 rings (SSSR count). The van der Waals surface area contributed by atoms with E-state index >= 15 is 0 Å². The van der Waals surface area contributed by atoms with Crippen LogP contribution in [0.5, 0.6) is 0 Å². The van der Waals surface area contributed by atoms with Gasteiger partial charge in [0.15, 0.2) is 0 Å². The first-order valence-corrected chi connectivity index (χ1v) is 6.68. The highest BCUT2D eigenvalue weighted by Crippen LogP contribution is 2.18. The number of carbonyl (C=O) groups is 1. The van der Waals surface area contributed by atoms with E-state index in [0.717, 1.165) is 5.69 Å². The molecule has 1 N–H and O–H groups in total. The molecule has 1 amide bonds. The molecule has 0 spiro atoms. The largest absolute Gasteiger partial charge is 0.444 e. The Balaban J connectivity index is 2.01. The molecule has 0 radical (unpaired) electrons. The SMILES string of the molecule is CC(C)(C)OC(=O)N1CCNC(c2ccc(F)cn2)C1. The third-order valence-electron chi connectivity index (χ3n) is 2.93. The fourth-order valence-electron chi connectivity index (χ4n) is 2.03. The first-order chi connectivity index (χ1) is 9.35. The molecule has 110 valence electrons. The second-order valence-electron chi connectivity index (χ2n) is 5.83. The normalized spacial score (nSPS) is 19.8. The zero-order valence-corrected chi connectivity index (χ0v) is 12.0. The van der Waals surface area contributed by atoms with Crippen LogP contribution in [0, 0.1) is 5.82 Å². The number of hydrogen-bond acceptors (Lipinski definition) is 4. The van der Waals surface area contributed by atoms with Gasteiger partial charge in [-0.2, -0.15) is 0 Å². The number of ether oxygens (including phenoxy) is 1. The van der Waals surface area contributed by atoms with E-state index in [0.29, 0.717) is 19.6 Å². The van der Waals surface area contributed by atoms with Crippen LogP contribution in [-0.4, -0.2) is 41.2 Å². The Morgan fingerprint density at radius 2 is 2.25 bits per heavy atom. The third kappa shape index (κ3) is 3.90. The Bertz CT molecular complexity index is 470. The van der Waals surface area contributed by atoms with E-state index in [1.807, 2.05) is 20.8 Å². The molecule has 1 unspecified atom stereocenters. The average molecular weight is 281 g/mol. The van der Waals surface area contributed by atoms with E-state index in [1.165, 1.54) is 12.3 Å². The van der Waals surface area contributed by atoms with Crippen LogP contribution in [0.25, 0.3) is 0 Å². The topological polar surface area (TPSA) is 54.5 Å². The van der Waals surface area contributed by atoms with E-state index in [9.17, 15) is 9.18 Å². The van der Waals surface area contributed by atoms with Gasteiger partial charge in [0.1, 0.15) is 11.4 Å². The molecule has 0 saturated carbocycles. The minimum Gasteiger partial charge on any atom is -0.444 e. The van der Waals surface area contributed by atoms with E-state index in [2.05, 4.69) is 10.3 Å². The van der Waals surface area contributed by atoms with E-state index in [4.69, 9.17) is 4.74 Å². The van der Waals surface area contributed by atoms with Gasteiger partial charge in [-0.05, 0) is 32.9 Å². The number of nitrogens with one attached hydrogen (secondary N) is 1. The number of carbonyl (C=O) groups excluding carboxylic acids is 1. The molecule has 1 saturated heterocycles. The molecule has 5 nitrogen and oxygen atoms in total. The van der Waals surface area contributed by atoms with Crippen LogP contribution in [0.15, 0.2) is 18.3 Å². The molecule has 1 aromatic heterocycles. The molecule has 6 heteroatoms. The van der Waals surface area contributed by atoms with Crippen LogP contribution in [0.4, 0.5) is 9.18 Å². The summed E-state index contributed by atoms with van der Waals surface area (Å²) in [6.45, 7) is 7.23. The van der Waals surface area contributed by atoms with Crippen LogP contribution in [0.1, 0.15) is 32.5 Å². The Hall–Kier alpha value is -1.69. The lowest BCUT2D eigenvalue weighted by molar-refractivity contribution is 0.0193. The summed E-state index contributed by atoms with van der Waals surface area (Å²) in [5.41, 5.74) is 0.214. The van der Waals surface area contributed by atoms with Crippen molar-refractivity contribution in [1.82, 2.24) is 15.2 Å². The number of piperazine rings is 1.